The van der Waals surface area contributed by atoms with Crippen LogP contribution in [0.3, 0.4) is 0 Å². The minimum Gasteiger partial charge on any atom is -0.310 e. The highest BCUT2D eigenvalue weighted by atomic mass is 32.1. The second-order valence-electron chi connectivity index (χ2n) is 39.5. The van der Waals surface area contributed by atoms with Crippen LogP contribution in [0.2, 0.25) is 0 Å². The van der Waals surface area contributed by atoms with Gasteiger partial charge in [-0.2, -0.15) is 0 Å². The molecule has 0 N–H and O–H groups in total. The fourth-order valence-electron chi connectivity index (χ4n) is 23.6. The molecule has 4 nitrogen and oxygen atoms in total. The van der Waals surface area contributed by atoms with Crippen molar-refractivity contribution >= 4 is 335 Å². The number of hydrogen-bond donors (Lipinski definition) is 0. The fourth-order valence-corrected chi connectivity index (χ4v) is 34.0. The molecule has 21 aromatic carbocycles. The van der Waals surface area contributed by atoms with Crippen LogP contribution in [-0.4, -0.2) is 4.98 Å². The predicted octanol–water partition coefficient (Wildman–Crippen LogP) is 44.1. The Hall–Kier alpha value is -15.9. The zero-order chi connectivity index (χ0) is 98.5. The first-order valence-electron chi connectivity index (χ1n) is 50.4. The Morgan fingerprint density at radius 1 is 0.195 bits per heavy atom. The van der Waals surface area contributed by atoms with Crippen molar-refractivity contribution in [3.63, 3.8) is 0 Å². The lowest BCUT2D eigenvalue weighted by atomic mass is 9.82. The first kappa shape index (κ1) is 88.4. The summed E-state index contributed by atoms with van der Waals surface area (Å²) in [4.78, 5) is 11.7. The van der Waals surface area contributed by atoms with E-state index in [1.165, 1.54) is 265 Å². The van der Waals surface area contributed by atoms with Crippen molar-refractivity contribution in [1.29, 1.82) is 0 Å². The van der Waals surface area contributed by atoms with Crippen LogP contribution in [0.25, 0.3) is 226 Å². The molecule has 10 aromatic heterocycles. The normalized spacial score (nSPS) is 12.5. The van der Waals surface area contributed by atoms with Gasteiger partial charge in [0.05, 0.1) is 22.3 Å². The Balaban J connectivity index is 0.000000103. The lowest BCUT2D eigenvalue weighted by Crippen LogP contribution is -2.16. The van der Waals surface area contributed by atoms with E-state index in [1.54, 1.807) is 0 Å². The van der Waals surface area contributed by atoms with E-state index in [1.807, 2.05) is 120 Å². The van der Waals surface area contributed by atoms with E-state index < -0.39 is 0 Å². The summed E-state index contributed by atoms with van der Waals surface area (Å²) in [5, 5.41) is 24.1. The first-order valence-corrected chi connectivity index (χ1v) is 57.7. The SMILES string of the molecule is CC1(C)c2ccccc2-c2ccc(N(c3ccc4sc5ccccc5c4c3)c3cccc4c3sc3ccc5sc6ccccc6c5c34)cc21.Cc1cccc(C)c1-c1ccc(N(c2cccc(-c3ccc4sc5cc6c(cc5c4c3)sc3ccccc36)c2)c2ccc3sc4ccccc4c3c2)cc1.c1cncc(N(c2ccc(-c3cccc4c3sc3ccc5c6ccccc6sc5c34)cc2)c2ccc3sc4ccccc4c3c2)c1. The van der Waals surface area contributed by atoms with E-state index in [2.05, 4.69) is 478 Å². The number of rotatable bonds is 12. The van der Waals surface area contributed by atoms with Crippen LogP contribution in [-0.2, 0) is 5.41 Å². The average Bonchev–Trinajstić information content (AvgIpc) is 1.57. The summed E-state index contributed by atoms with van der Waals surface area (Å²) in [6.45, 7) is 9.15. The van der Waals surface area contributed by atoms with E-state index in [4.69, 9.17) is 0 Å². The molecule has 0 spiro atoms. The summed E-state index contributed by atoms with van der Waals surface area (Å²) in [7, 11) is 0. The summed E-state index contributed by atoms with van der Waals surface area (Å²) in [5.41, 5.74) is 25.7. The van der Waals surface area contributed by atoms with Gasteiger partial charge in [-0.3, -0.25) is 4.98 Å². The molecular weight excluding hydrogens is 1980 g/mol. The third-order valence-corrected chi connectivity index (χ3v) is 41.0. The number of fused-ring (bicyclic) bond motifs is 32. The minimum atomic E-state index is -0.0869. The molecule has 0 radical (unpaired) electrons. The summed E-state index contributed by atoms with van der Waals surface area (Å²) in [5.74, 6) is 0. The number of benzene rings is 21. The fraction of sp³-hybridized carbons (Fsp3) is 0.0368. The molecule has 1 aliphatic rings. The van der Waals surface area contributed by atoms with Crippen molar-refractivity contribution in [2.75, 3.05) is 14.7 Å². The van der Waals surface area contributed by atoms with E-state index in [9.17, 15) is 0 Å². The van der Waals surface area contributed by atoms with Crippen LogP contribution < -0.4 is 14.7 Å². The van der Waals surface area contributed by atoms with Gasteiger partial charge >= 0.3 is 0 Å². The number of hydrogen-bond acceptors (Lipinski definition) is 13. The monoisotopic (exact) mass is 2060 g/mol. The molecule has 0 unspecified atom stereocenters. The Kier molecular flexibility index (Phi) is 20.9. The summed E-state index contributed by atoms with van der Waals surface area (Å²) in [6, 6.07) is 162. The van der Waals surface area contributed by atoms with Crippen LogP contribution in [0.4, 0.5) is 51.2 Å². The Labute approximate surface area is 894 Å². The van der Waals surface area contributed by atoms with Gasteiger partial charge in [0.25, 0.3) is 0 Å². The number of aromatic nitrogens is 1. The van der Waals surface area contributed by atoms with Crippen LogP contribution >= 0.6 is 102 Å². The van der Waals surface area contributed by atoms with Crippen molar-refractivity contribution in [3.05, 3.63) is 471 Å². The predicted molar refractivity (Wildman–Crippen MR) is 661 cm³/mol. The average molecular weight is 2060 g/mol. The third-order valence-electron chi connectivity index (χ3n) is 30.5. The minimum absolute atomic E-state index is 0.0869. The largest absolute Gasteiger partial charge is 0.310 e. The van der Waals surface area contributed by atoms with Crippen molar-refractivity contribution < 1.29 is 0 Å². The van der Waals surface area contributed by atoms with Gasteiger partial charge in [-0.15, -0.1) is 102 Å². The number of aryl methyl sites for hydroxylation is 2. The Morgan fingerprint density at radius 3 is 1.17 bits per heavy atom. The lowest BCUT2D eigenvalue weighted by molar-refractivity contribution is 0.660. The van der Waals surface area contributed by atoms with Crippen LogP contribution in [0.15, 0.2) is 449 Å². The second-order valence-corrected chi connectivity index (χ2v) is 49.1. The molecule has 13 heteroatoms. The van der Waals surface area contributed by atoms with Gasteiger partial charge < -0.3 is 14.7 Å². The molecule has 32 rings (SSSR count). The number of nitrogens with zero attached hydrogens (tertiary/aromatic N) is 4. The third kappa shape index (κ3) is 14.6. The topological polar surface area (TPSA) is 22.6 Å². The van der Waals surface area contributed by atoms with Gasteiger partial charge in [0.2, 0.25) is 0 Å². The standard InChI is InChI=1S/C50H33NS3.C45H29NS3.C41H24N2S3/c1-30-9-7-10-31(2)50(30)32-17-20-35(21-18-32)51(37-22-24-47-41(27-37)38-13-3-5-15-44(38)52-47)36-12-8-11-33(25-36)34-19-23-46-40(26-34)43-29-48-42(28-49(43)54-46)39-14-4-6-16-45(39)53-48;1-45(2)34-14-6-3-10-28(34)29-20-18-27(25-35(29)45)46(26-19-21-39-33(24-26)30-11-4-7-16-37(30)47-39)36-15-9-13-32-43-41(49-44(32)36)23-22-40-42(43)31-12-5-8-17-38(31)48-40;1-4-13-36-30(8-1)32-19-21-38-39(41(32)45-36)33-11-5-10-29(40(33)46-38)25-14-16-26(17-15-25)43(28-7-6-22-42-24-28)27-18-20-37-34(23-27)31-9-2-3-12-35(31)44-37/h3-29H,1-2H3;3-25H,1-2H3;1-24H. The zero-order valence-corrected chi connectivity index (χ0v) is 88.5. The molecule has 0 saturated carbocycles. The molecule has 0 atom stereocenters. The van der Waals surface area contributed by atoms with Gasteiger partial charge in [0, 0.05) is 228 Å². The molecule has 0 aliphatic heterocycles. The van der Waals surface area contributed by atoms with Crippen LogP contribution in [0.5, 0.6) is 0 Å². The quantitative estimate of drug-likeness (QED) is 0.122. The molecule has 0 amide bonds. The number of thiophene rings is 9. The lowest BCUT2D eigenvalue weighted by Gasteiger charge is -2.28. The van der Waals surface area contributed by atoms with Crippen LogP contribution in [0.1, 0.15) is 36.1 Å². The summed E-state index contributed by atoms with van der Waals surface area (Å²) >= 11 is 17.0. The molecule has 0 bridgehead atoms. The molecule has 31 aromatic rings. The molecule has 0 saturated heterocycles. The first-order chi connectivity index (χ1) is 73.4. The van der Waals surface area contributed by atoms with Gasteiger partial charge in [0.1, 0.15) is 0 Å². The van der Waals surface area contributed by atoms with E-state index in [0.29, 0.717) is 0 Å². The van der Waals surface area contributed by atoms with Gasteiger partial charge in [-0.25, -0.2) is 0 Å². The molecule has 10 heterocycles. The molecular formula is C136H86N4S9. The maximum atomic E-state index is 4.48. The van der Waals surface area contributed by atoms with Crippen LogP contribution in [0, 0.1) is 13.8 Å². The van der Waals surface area contributed by atoms with Crippen molar-refractivity contribution in [2.45, 2.75) is 33.1 Å². The van der Waals surface area contributed by atoms with Gasteiger partial charge in [-0.1, -0.05) is 250 Å². The summed E-state index contributed by atoms with van der Waals surface area (Å²) in [6.07, 6.45) is 3.77. The highest BCUT2D eigenvalue weighted by Crippen LogP contribution is 2.57. The molecule has 0 fully saturated rings. The molecule has 149 heavy (non-hydrogen) atoms. The number of anilines is 9. The zero-order valence-electron chi connectivity index (χ0n) is 81.2. The van der Waals surface area contributed by atoms with E-state index in [-0.39, 0.29) is 5.41 Å². The Bertz CT molecular complexity index is 10900. The second kappa shape index (κ2) is 35.2. The van der Waals surface area contributed by atoms with Gasteiger partial charge in [-0.05, 0) is 281 Å². The van der Waals surface area contributed by atoms with Gasteiger partial charge in [0.15, 0.2) is 0 Å². The maximum absolute atomic E-state index is 4.48. The van der Waals surface area contributed by atoms with Crippen molar-refractivity contribution in [1.82, 2.24) is 4.98 Å². The number of pyridine rings is 1. The van der Waals surface area contributed by atoms with Crippen molar-refractivity contribution in [2.24, 2.45) is 0 Å². The summed E-state index contributed by atoms with van der Waals surface area (Å²) < 4.78 is 24.1. The van der Waals surface area contributed by atoms with E-state index in [0.717, 1.165) is 34.1 Å². The Morgan fingerprint density at radius 2 is 0.564 bits per heavy atom. The van der Waals surface area contributed by atoms with E-state index >= 15 is 0 Å². The highest BCUT2D eigenvalue weighted by molar-refractivity contribution is 7.31. The smallest absolute Gasteiger partial charge is 0.0644 e. The molecule has 1 aliphatic carbocycles. The maximum Gasteiger partial charge on any atom is 0.0644 e. The molecule has 704 valence electrons. The van der Waals surface area contributed by atoms with Crippen molar-refractivity contribution in [3.8, 4) is 44.5 Å². The highest BCUT2D eigenvalue weighted by Gasteiger charge is 2.37.